The highest BCUT2D eigenvalue weighted by Gasteiger charge is 2.34. The first-order valence-electron chi connectivity index (χ1n) is 15.3. The van der Waals surface area contributed by atoms with Crippen LogP contribution in [-0.2, 0) is 36.8 Å². The van der Waals surface area contributed by atoms with Gasteiger partial charge in [-0.05, 0) is 54.7 Å². The number of hydrogen-bond donors (Lipinski definition) is 2. The SMILES string of the molecule is CC(=O)OCCCNC(=O)[C@@H](Cc1ccccc1)N(C)C(=O)[C@@H](Cc1ccc2ccccc2c1)N(C)C(=O)/C=C/CC(C)(C)N. The third kappa shape index (κ3) is 11.2. The van der Waals surface area contributed by atoms with Crippen molar-refractivity contribution in [1.82, 2.24) is 15.1 Å². The van der Waals surface area contributed by atoms with E-state index in [9.17, 15) is 19.2 Å². The van der Waals surface area contributed by atoms with E-state index in [0.717, 1.165) is 21.9 Å². The van der Waals surface area contributed by atoms with Gasteiger partial charge in [-0.25, -0.2) is 0 Å². The smallest absolute Gasteiger partial charge is 0.302 e. The number of hydrogen-bond acceptors (Lipinski definition) is 6. The fourth-order valence-electron chi connectivity index (χ4n) is 4.96. The summed E-state index contributed by atoms with van der Waals surface area (Å²) in [5, 5.41) is 4.99. The fourth-order valence-corrected chi connectivity index (χ4v) is 4.96. The molecule has 2 atom stereocenters. The van der Waals surface area contributed by atoms with Gasteiger partial charge in [-0.1, -0.05) is 78.9 Å². The third-order valence-electron chi connectivity index (χ3n) is 7.56. The van der Waals surface area contributed by atoms with Crippen LogP contribution in [0.15, 0.2) is 84.9 Å². The number of amides is 3. The van der Waals surface area contributed by atoms with Gasteiger partial charge < -0.3 is 25.6 Å². The lowest BCUT2D eigenvalue weighted by atomic mass is 9.98. The van der Waals surface area contributed by atoms with Crippen molar-refractivity contribution in [3.05, 3.63) is 96.1 Å². The maximum atomic E-state index is 14.3. The molecule has 3 amide bonds. The molecule has 0 radical (unpaired) electrons. The maximum Gasteiger partial charge on any atom is 0.302 e. The predicted octanol–water partition coefficient (Wildman–Crippen LogP) is 4.03. The number of benzene rings is 3. The topological polar surface area (TPSA) is 122 Å². The molecule has 0 unspecified atom stereocenters. The van der Waals surface area contributed by atoms with E-state index in [1.54, 1.807) is 20.2 Å². The first-order valence-corrected chi connectivity index (χ1v) is 15.3. The molecule has 0 saturated heterocycles. The van der Waals surface area contributed by atoms with Crippen molar-refractivity contribution in [2.75, 3.05) is 27.2 Å². The van der Waals surface area contributed by atoms with Gasteiger partial charge in [-0.3, -0.25) is 19.2 Å². The Bertz CT molecular complexity index is 1480. The summed E-state index contributed by atoms with van der Waals surface area (Å²) in [4.78, 5) is 55.2. The molecule has 0 aliphatic rings. The van der Waals surface area contributed by atoms with E-state index < -0.39 is 17.6 Å². The summed E-state index contributed by atoms with van der Waals surface area (Å²) in [5.41, 5.74) is 7.39. The zero-order chi connectivity index (χ0) is 33.0. The minimum Gasteiger partial charge on any atom is -0.466 e. The van der Waals surface area contributed by atoms with Crippen LogP contribution < -0.4 is 11.1 Å². The molecular formula is C36H46N4O5. The molecule has 240 valence electrons. The van der Waals surface area contributed by atoms with Crippen LogP contribution in [0.3, 0.4) is 0 Å². The van der Waals surface area contributed by atoms with Crippen molar-refractivity contribution >= 4 is 34.5 Å². The molecule has 0 aromatic heterocycles. The molecule has 9 nitrogen and oxygen atoms in total. The summed E-state index contributed by atoms with van der Waals surface area (Å²) >= 11 is 0. The number of nitrogens with zero attached hydrogens (tertiary/aromatic N) is 2. The quantitative estimate of drug-likeness (QED) is 0.151. The zero-order valence-corrected chi connectivity index (χ0v) is 27.0. The molecule has 0 saturated carbocycles. The summed E-state index contributed by atoms with van der Waals surface area (Å²) < 4.78 is 4.97. The number of nitrogens with one attached hydrogen (secondary N) is 1. The highest BCUT2D eigenvalue weighted by atomic mass is 16.5. The lowest BCUT2D eigenvalue weighted by Crippen LogP contribution is -2.56. The summed E-state index contributed by atoms with van der Waals surface area (Å²) in [6, 6.07) is 21.7. The van der Waals surface area contributed by atoms with E-state index in [2.05, 4.69) is 5.32 Å². The standard InChI is InChI=1S/C36H46N4O5/c1-26(41)45-22-12-21-38-34(43)31(24-27-13-7-6-8-14-27)40(5)35(44)32(39(4)33(42)17-11-20-36(2,3)37)25-28-18-19-29-15-9-10-16-30(29)23-28/h6-11,13-19,23,31-32H,12,20-22,24-25,37H2,1-5H3,(H,38,43)/b17-11+/t31-,32-/m1/s1. The van der Waals surface area contributed by atoms with Crippen LogP contribution in [0.25, 0.3) is 10.8 Å². The van der Waals surface area contributed by atoms with Crippen molar-refractivity contribution in [1.29, 1.82) is 0 Å². The van der Waals surface area contributed by atoms with Crippen molar-refractivity contribution in [3.63, 3.8) is 0 Å². The Morgan fingerprint density at radius 1 is 0.867 bits per heavy atom. The lowest BCUT2D eigenvalue weighted by molar-refractivity contribution is -0.146. The van der Waals surface area contributed by atoms with Crippen molar-refractivity contribution in [2.24, 2.45) is 5.73 Å². The summed E-state index contributed by atoms with van der Waals surface area (Å²) in [5.74, 6) is -1.41. The Balaban J connectivity index is 1.90. The van der Waals surface area contributed by atoms with E-state index in [0.29, 0.717) is 12.8 Å². The molecule has 0 bridgehead atoms. The Hall–Kier alpha value is -4.50. The molecule has 3 N–H and O–H groups in total. The van der Waals surface area contributed by atoms with E-state index in [1.807, 2.05) is 86.6 Å². The Morgan fingerprint density at radius 3 is 2.18 bits per heavy atom. The van der Waals surface area contributed by atoms with Gasteiger partial charge in [-0.15, -0.1) is 0 Å². The normalized spacial score (nSPS) is 12.8. The number of fused-ring (bicyclic) bond motifs is 1. The van der Waals surface area contributed by atoms with Crippen molar-refractivity contribution in [3.8, 4) is 0 Å². The van der Waals surface area contributed by atoms with Crippen LogP contribution in [0.5, 0.6) is 0 Å². The number of rotatable bonds is 15. The maximum absolute atomic E-state index is 14.3. The molecule has 45 heavy (non-hydrogen) atoms. The molecule has 0 aliphatic heterocycles. The molecule has 0 heterocycles. The number of esters is 1. The van der Waals surface area contributed by atoms with Gasteiger partial charge in [0.05, 0.1) is 6.61 Å². The zero-order valence-electron chi connectivity index (χ0n) is 27.0. The lowest BCUT2D eigenvalue weighted by Gasteiger charge is -2.34. The van der Waals surface area contributed by atoms with Gasteiger partial charge in [0.25, 0.3) is 0 Å². The molecule has 3 rings (SSSR count). The second-order valence-electron chi connectivity index (χ2n) is 12.1. The molecule has 0 aliphatic carbocycles. The van der Waals surface area contributed by atoms with Crippen LogP contribution in [0.2, 0.25) is 0 Å². The molecule has 3 aromatic rings. The first-order chi connectivity index (χ1) is 21.4. The largest absolute Gasteiger partial charge is 0.466 e. The van der Waals surface area contributed by atoms with Crippen LogP contribution in [-0.4, -0.2) is 78.4 Å². The van der Waals surface area contributed by atoms with Gasteiger partial charge >= 0.3 is 5.97 Å². The Kier molecular flexibility index (Phi) is 12.9. The van der Waals surface area contributed by atoms with Crippen LogP contribution in [0.1, 0.15) is 44.7 Å². The monoisotopic (exact) mass is 614 g/mol. The molecule has 3 aromatic carbocycles. The average molecular weight is 615 g/mol. The third-order valence-corrected chi connectivity index (χ3v) is 7.56. The highest BCUT2D eigenvalue weighted by molar-refractivity contribution is 5.95. The Labute approximate surface area is 266 Å². The number of carbonyl (C=O) groups is 4. The predicted molar refractivity (Wildman–Crippen MR) is 177 cm³/mol. The second-order valence-corrected chi connectivity index (χ2v) is 12.1. The van der Waals surface area contributed by atoms with E-state index in [4.69, 9.17) is 10.5 Å². The number of ether oxygens (including phenoxy) is 1. The van der Waals surface area contributed by atoms with E-state index in [1.165, 1.54) is 22.8 Å². The molecule has 9 heteroatoms. The highest BCUT2D eigenvalue weighted by Crippen LogP contribution is 2.20. The first kappa shape index (κ1) is 35.0. The molecule has 0 fully saturated rings. The molecule has 0 spiro atoms. The second kappa shape index (κ2) is 16.5. The van der Waals surface area contributed by atoms with Crippen LogP contribution in [0.4, 0.5) is 0 Å². The van der Waals surface area contributed by atoms with Gasteiger partial charge in [0.1, 0.15) is 12.1 Å². The van der Waals surface area contributed by atoms with Crippen LogP contribution >= 0.6 is 0 Å². The van der Waals surface area contributed by atoms with Crippen molar-refractivity contribution < 1.29 is 23.9 Å². The Morgan fingerprint density at radius 2 is 1.51 bits per heavy atom. The number of likely N-dealkylation sites (N-methyl/N-ethyl adjacent to an activating group) is 2. The van der Waals surface area contributed by atoms with Crippen molar-refractivity contribution in [2.45, 2.75) is 64.1 Å². The number of nitrogens with two attached hydrogens (primary N) is 1. The average Bonchev–Trinajstić information content (AvgIpc) is 3.00. The summed E-state index contributed by atoms with van der Waals surface area (Å²) in [7, 11) is 3.21. The minimum absolute atomic E-state index is 0.184. The summed E-state index contributed by atoms with van der Waals surface area (Å²) in [6.45, 7) is 5.55. The van der Waals surface area contributed by atoms with Gasteiger partial charge in [0.15, 0.2) is 0 Å². The molecular weight excluding hydrogens is 568 g/mol. The van der Waals surface area contributed by atoms with Gasteiger partial charge in [-0.2, -0.15) is 0 Å². The van der Waals surface area contributed by atoms with Gasteiger partial charge in [0, 0.05) is 45.9 Å². The fraction of sp³-hybridized carbons (Fsp3) is 0.389. The van der Waals surface area contributed by atoms with Gasteiger partial charge in [0.2, 0.25) is 17.7 Å². The van der Waals surface area contributed by atoms with E-state index in [-0.39, 0.29) is 49.7 Å². The summed E-state index contributed by atoms with van der Waals surface area (Å²) in [6.07, 6.45) is 4.65. The minimum atomic E-state index is -0.880. The van der Waals surface area contributed by atoms with E-state index >= 15 is 0 Å². The number of carbonyl (C=O) groups excluding carboxylic acids is 4. The van der Waals surface area contributed by atoms with Crippen LogP contribution in [0, 0.1) is 0 Å².